The number of methoxy groups -OCH3 is 1. The summed E-state index contributed by atoms with van der Waals surface area (Å²) in [4.78, 5) is 4.94. The highest BCUT2D eigenvalue weighted by atomic mass is 35.5. The van der Waals surface area contributed by atoms with Gasteiger partial charge >= 0.3 is 0 Å². The van der Waals surface area contributed by atoms with Crippen LogP contribution in [-0.2, 0) is 6.54 Å². The van der Waals surface area contributed by atoms with Crippen molar-refractivity contribution in [3.05, 3.63) is 99.0 Å². The van der Waals surface area contributed by atoms with Crippen LogP contribution in [0.25, 0.3) is 0 Å². The summed E-state index contributed by atoms with van der Waals surface area (Å²) in [6, 6.07) is 22.6. The molecule has 1 aliphatic carbocycles. The number of hydrogen-bond donors (Lipinski definition) is 0. The van der Waals surface area contributed by atoms with Crippen LogP contribution in [-0.4, -0.2) is 12.8 Å². The molecular weight excluding hydrogens is 389 g/mol. The summed E-state index contributed by atoms with van der Waals surface area (Å²) in [5.74, 6) is 1.18. The lowest BCUT2D eigenvalue weighted by Crippen LogP contribution is -2.17. The van der Waals surface area contributed by atoms with Gasteiger partial charge in [0.25, 0.3) is 0 Å². The van der Waals surface area contributed by atoms with Crippen molar-refractivity contribution in [2.45, 2.75) is 25.3 Å². The van der Waals surface area contributed by atoms with Crippen molar-refractivity contribution in [1.82, 2.24) is 0 Å². The minimum absolute atomic E-state index is 0.311. The molecular formula is C24H21Cl2NO. The second kappa shape index (κ2) is 8.38. The molecule has 3 aromatic rings. The second-order valence-electron chi connectivity index (χ2n) is 6.96. The maximum Gasteiger partial charge on any atom is 0.118 e. The highest BCUT2D eigenvalue weighted by molar-refractivity contribution is 6.42. The van der Waals surface area contributed by atoms with Gasteiger partial charge in [0.15, 0.2) is 0 Å². The van der Waals surface area contributed by atoms with Gasteiger partial charge < -0.3 is 4.74 Å². The van der Waals surface area contributed by atoms with Crippen LogP contribution < -0.4 is 4.74 Å². The molecule has 142 valence electrons. The summed E-state index contributed by atoms with van der Waals surface area (Å²) in [7, 11) is 1.68. The molecule has 4 heteroatoms. The molecule has 4 rings (SSSR count). The van der Waals surface area contributed by atoms with E-state index in [2.05, 4.69) is 42.5 Å². The normalized spacial score (nSPS) is 17.4. The molecule has 3 aromatic carbocycles. The first kappa shape index (κ1) is 19.0. The molecule has 0 spiro atoms. The van der Waals surface area contributed by atoms with E-state index in [9.17, 15) is 0 Å². The average Bonchev–Trinajstić information content (AvgIpc) is 2.74. The van der Waals surface area contributed by atoms with Gasteiger partial charge in [-0.05, 0) is 59.4 Å². The van der Waals surface area contributed by atoms with E-state index in [4.69, 9.17) is 32.9 Å². The van der Waals surface area contributed by atoms with Gasteiger partial charge in [-0.1, -0.05) is 65.7 Å². The highest BCUT2D eigenvalue weighted by Crippen LogP contribution is 2.38. The van der Waals surface area contributed by atoms with Crippen LogP contribution >= 0.6 is 23.2 Å². The highest BCUT2D eigenvalue weighted by Gasteiger charge is 2.25. The number of nitrogens with zero attached hydrogens (tertiary/aromatic N) is 1. The first-order valence-corrected chi connectivity index (χ1v) is 10.1. The van der Waals surface area contributed by atoms with Gasteiger partial charge in [-0.2, -0.15) is 0 Å². The van der Waals surface area contributed by atoms with E-state index in [1.54, 1.807) is 7.11 Å². The van der Waals surface area contributed by atoms with Gasteiger partial charge in [0.05, 0.1) is 23.7 Å². The van der Waals surface area contributed by atoms with Crippen molar-refractivity contribution >= 4 is 28.9 Å². The third-order valence-corrected chi connectivity index (χ3v) is 6.01. The van der Waals surface area contributed by atoms with Crippen LogP contribution in [0.3, 0.4) is 0 Å². The molecule has 0 saturated carbocycles. The van der Waals surface area contributed by atoms with Crippen molar-refractivity contribution < 1.29 is 4.74 Å². The Hall–Kier alpha value is -2.29. The lowest BCUT2D eigenvalue weighted by atomic mass is 9.78. The van der Waals surface area contributed by atoms with Gasteiger partial charge in [0, 0.05) is 11.6 Å². The fraction of sp³-hybridized carbons (Fsp3) is 0.208. The molecule has 0 saturated heterocycles. The minimum atomic E-state index is 0.311. The fourth-order valence-corrected chi connectivity index (χ4v) is 4.10. The zero-order valence-electron chi connectivity index (χ0n) is 15.7. The molecule has 0 N–H and O–H groups in total. The fourth-order valence-electron chi connectivity index (χ4n) is 3.79. The van der Waals surface area contributed by atoms with Crippen molar-refractivity contribution in [1.29, 1.82) is 0 Å². The average molecular weight is 410 g/mol. The van der Waals surface area contributed by atoms with Crippen LogP contribution in [0.2, 0.25) is 10.0 Å². The third kappa shape index (κ3) is 3.94. The smallest absolute Gasteiger partial charge is 0.118 e. The first-order chi connectivity index (χ1) is 13.7. The number of ether oxygens (including phenoxy) is 1. The zero-order chi connectivity index (χ0) is 19.5. The summed E-state index contributed by atoms with van der Waals surface area (Å²) in [6.07, 6.45) is 1.95. The molecule has 1 atom stereocenters. The largest absolute Gasteiger partial charge is 0.497 e. The van der Waals surface area contributed by atoms with Crippen molar-refractivity contribution in [2.75, 3.05) is 7.11 Å². The predicted octanol–water partition coefficient (Wildman–Crippen LogP) is 6.92. The summed E-state index contributed by atoms with van der Waals surface area (Å²) in [5.41, 5.74) is 6.09. The summed E-state index contributed by atoms with van der Waals surface area (Å²) in [5, 5.41) is 1.20. The molecule has 0 aliphatic heterocycles. The van der Waals surface area contributed by atoms with Crippen molar-refractivity contribution in [2.24, 2.45) is 4.99 Å². The maximum atomic E-state index is 6.26. The standard InChI is InChI=1S/C24H21Cl2NO/c1-28-18-9-6-16(7-10-18)15-27-24-13-11-19(20-4-2-3-5-21(20)24)17-8-12-22(25)23(26)14-17/h2-10,12,14,19H,11,13,15H2,1H3/b27-24+. The molecule has 28 heavy (non-hydrogen) atoms. The molecule has 0 amide bonds. The second-order valence-corrected chi connectivity index (χ2v) is 7.78. The maximum absolute atomic E-state index is 6.26. The molecule has 0 aromatic heterocycles. The van der Waals surface area contributed by atoms with Crippen LogP contribution in [0.15, 0.2) is 71.7 Å². The van der Waals surface area contributed by atoms with Crippen LogP contribution in [0.5, 0.6) is 5.75 Å². The van der Waals surface area contributed by atoms with E-state index < -0.39 is 0 Å². The molecule has 2 nitrogen and oxygen atoms in total. The number of aliphatic imine (C=N–C) groups is 1. The van der Waals surface area contributed by atoms with Crippen molar-refractivity contribution in [3.63, 3.8) is 0 Å². The summed E-state index contributed by atoms with van der Waals surface area (Å²) < 4.78 is 5.23. The Balaban J connectivity index is 1.62. The topological polar surface area (TPSA) is 21.6 Å². The Morgan fingerprint density at radius 3 is 2.50 bits per heavy atom. The van der Waals surface area contributed by atoms with E-state index in [-0.39, 0.29) is 0 Å². The minimum Gasteiger partial charge on any atom is -0.497 e. The lowest BCUT2D eigenvalue weighted by molar-refractivity contribution is 0.414. The third-order valence-electron chi connectivity index (χ3n) is 5.27. The monoisotopic (exact) mass is 409 g/mol. The van der Waals surface area contributed by atoms with E-state index in [0.29, 0.717) is 22.5 Å². The van der Waals surface area contributed by atoms with Gasteiger partial charge in [-0.15, -0.1) is 0 Å². The predicted molar refractivity (Wildman–Crippen MR) is 117 cm³/mol. The Bertz CT molecular complexity index is 1010. The summed E-state index contributed by atoms with van der Waals surface area (Å²) in [6.45, 7) is 0.672. The zero-order valence-corrected chi connectivity index (χ0v) is 17.2. The van der Waals surface area contributed by atoms with Gasteiger partial charge in [-0.25, -0.2) is 0 Å². The van der Waals surface area contributed by atoms with Crippen molar-refractivity contribution in [3.8, 4) is 5.75 Å². The van der Waals surface area contributed by atoms with E-state index >= 15 is 0 Å². The molecule has 0 heterocycles. The summed E-state index contributed by atoms with van der Waals surface area (Å²) >= 11 is 12.4. The number of halogens is 2. The van der Waals surface area contributed by atoms with E-state index in [0.717, 1.165) is 18.6 Å². The van der Waals surface area contributed by atoms with Gasteiger partial charge in [0.2, 0.25) is 0 Å². The van der Waals surface area contributed by atoms with Crippen LogP contribution in [0, 0.1) is 0 Å². The molecule has 0 bridgehead atoms. The number of fused-ring (bicyclic) bond motifs is 1. The van der Waals surface area contributed by atoms with Crippen LogP contribution in [0.1, 0.15) is 41.0 Å². The SMILES string of the molecule is COc1ccc(C/N=C2\CCC(c3ccc(Cl)c(Cl)c3)c3ccccc32)cc1. The van der Waals surface area contributed by atoms with E-state index in [1.165, 1.54) is 28.0 Å². The molecule has 1 unspecified atom stereocenters. The van der Waals surface area contributed by atoms with Crippen LogP contribution in [0.4, 0.5) is 0 Å². The molecule has 1 aliphatic rings. The molecule has 0 fully saturated rings. The van der Waals surface area contributed by atoms with Gasteiger partial charge in [0.1, 0.15) is 5.75 Å². The Morgan fingerprint density at radius 2 is 1.75 bits per heavy atom. The Kier molecular flexibility index (Phi) is 5.70. The Morgan fingerprint density at radius 1 is 0.964 bits per heavy atom. The van der Waals surface area contributed by atoms with Gasteiger partial charge in [-0.3, -0.25) is 4.99 Å². The lowest BCUT2D eigenvalue weighted by Gasteiger charge is -2.27. The number of hydrogen-bond acceptors (Lipinski definition) is 2. The molecule has 0 radical (unpaired) electrons. The van der Waals surface area contributed by atoms with E-state index in [1.807, 2.05) is 24.3 Å². The Labute approximate surface area is 175 Å². The first-order valence-electron chi connectivity index (χ1n) is 9.36. The number of rotatable bonds is 4. The number of benzene rings is 3. The quantitative estimate of drug-likeness (QED) is 0.458.